The van der Waals surface area contributed by atoms with Crippen molar-refractivity contribution in [3.8, 4) is 11.5 Å². The molecule has 170 valence electrons. The van der Waals surface area contributed by atoms with Crippen LogP contribution in [-0.2, 0) is 4.79 Å². The Morgan fingerprint density at radius 2 is 1.61 bits per heavy atom. The first-order valence-corrected chi connectivity index (χ1v) is 11.6. The van der Waals surface area contributed by atoms with E-state index in [9.17, 15) is 4.79 Å². The number of amides is 1. The number of carbonyl (C=O) groups is 1. The standard InChI is InChI=1S/C26H38N2O3/c1-4-5-6-7-8-17-30-25-11-9-10-23(19-25)27-20-26(29)28-22-12-14-24(15-13-22)31-18-16-21(2)3/h9-15,19,21,27H,4-8,16-18,20H2,1-3H3,(H,28,29). The van der Waals surface area contributed by atoms with Crippen molar-refractivity contribution in [2.45, 2.75) is 59.3 Å². The maximum atomic E-state index is 12.3. The molecule has 31 heavy (non-hydrogen) atoms. The van der Waals surface area contributed by atoms with Gasteiger partial charge in [0.15, 0.2) is 0 Å². The molecule has 2 aromatic carbocycles. The minimum absolute atomic E-state index is 0.101. The van der Waals surface area contributed by atoms with Gasteiger partial charge >= 0.3 is 0 Å². The highest BCUT2D eigenvalue weighted by molar-refractivity contribution is 5.93. The molecule has 0 aliphatic carbocycles. The van der Waals surface area contributed by atoms with Gasteiger partial charge in [-0.05, 0) is 55.2 Å². The summed E-state index contributed by atoms with van der Waals surface area (Å²) in [5, 5.41) is 6.06. The van der Waals surface area contributed by atoms with E-state index in [-0.39, 0.29) is 12.5 Å². The second-order valence-corrected chi connectivity index (χ2v) is 8.25. The topological polar surface area (TPSA) is 59.6 Å². The van der Waals surface area contributed by atoms with Crippen LogP contribution in [0.3, 0.4) is 0 Å². The Morgan fingerprint density at radius 3 is 2.35 bits per heavy atom. The van der Waals surface area contributed by atoms with Crippen LogP contribution in [0.4, 0.5) is 11.4 Å². The van der Waals surface area contributed by atoms with E-state index in [1.165, 1.54) is 25.7 Å². The predicted molar refractivity (Wildman–Crippen MR) is 129 cm³/mol. The van der Waals surface area contributed by atoms with E-state index in [0.29, 0.717) is 12.5 Å². The van der Waals surface area contributed by atoms with Gasteiger partial charge in [0.25, 0.3) is 0 Å². The van der Waals surface area contributed by atoms with Gasteiger partial charge in [-0.15, -0.1) is 0 Å². The van der Waals surface area contributed by atoms with Crippen molar-refractivity contribution in [2.75, 3.05) is 30.4 Å². The normalized spacial score (nSPS) is 10.7. The van der Waals surface area contributed by atoms with Crippen molar-refractivity contribution in [1.82, 2.24) is 0 Å². The Morgan fingerprint density at radius 1 is 0.871 bits per heavy atom. The van der Waals surface area contributed by atoms with Crippen LogP contribution in [0.2, 0.25) is 0 Å². The lowest BCUT2D eigenvalue weighted by Gasteiger charge is -2.11. The monoisotopic (exact) mass is 426 g/mol. The molecule has 0 heterocycles. The van der Waals surface area contributed by atoms with Crippen LogP contribution in [0.15, 0.2) is 48.5 Å². The van der Waals surface area contributed by atoms with Crippen LogP contribution < -0.4 is 20.1 Å². The summed E-state index contributed by atoms with van der Waals surface area (Å²) < 4.78 is 11.5. The summed E-state index contributed by atoms with van der Waals surface area (Å²) in [5.74, 6) is 2.16. The number of rotatable bonds is 15. The van der Waals surface area contributed by atoms with Crippen LogP contribution in [0.25, 0.3) is 0 Å². The van der Waals surface area contributed by atoms with Gasteiger partial charge in [-0.2, -0.15) is 0 Å². The molecule has 0 bridgehead atoms. The molecule has 0 aliphatic rings. The van der Waals surface area contributed by atoms with Crippen LogP contribution >= 0.6 is 0 Å². The first-order chi connectivity index (χ1) is 15.1. The molecular formula is C26H38N2O3. The molecule has 1 amide bonds. The van der Waals surface area contributed by atoms with E-state index in [0.717, 1.165) is 42.3 Å². The summed E-state index contributed by atoms with van der Waals surface area (Å²) in [6.45, 7) is 8.19. The molecule has 0 saturated heterocycles. The third-order valence-corrected chi connectivity index (χ3v) is 4.91. The molecule has 5 heteroatoms. The third-order valence-electron chi connectivity index (χ3n) is 4.91. The summed E-state index contributed by atoms with van der Waals surface area (Å²) in [4.78, 5) is 12.3. The number of anilines is 2. The quantitative estimate of drug-likeness (QED) is 0.319. The van der Waals surface area contributed by atoms with Gasteiger partial charge in [-0.25, -0.2) is 0 Å². The van der Waals surface area contributed by atoms with Crippen LogP contribution in [0.5, 0.6) is 11.5 Å². The average Bonchev–Trinajstić information content (AvgIpc) is 2.76. The number of unbranched alkanes of at least 4 members (excludes halogenated alkanes) is 4. The molecule has 0 spiro atoms. The Hall–Kier alpha value is -2.69. The molecule has 0 atom stereocenters. The first kappa shape index (κ1) is 24.6. The summed E-state index contributed by atoms with van der Waals surface area (Å²) in [6.07, 6.45) is 7.11. The van der Waals surface area contributed by atoms with E-state index >= 15 is 0 Å². The molecule has 0 aliphatic heterocycles. The highest BCUT2D eigenvalue weighted by Gasteiger charge is 2.04. The molecule has 2 rings (SSSR count). The minimum atomic E-state index is -0.101. The number of hydrogen-bond acceptors (Lipinski definition) is 4. The highest BCUT2D eigenvalue weighted by Crippen LogP contribution is 2.19. The zero-order valence-electron chi connectivity index (χ0n) is 19.3. The van der Waals surface area contributed by atoms with E-state index in [2.05, 4.69) is 31.4 Å². The molecule has 2 aromatic rings. The maximum Gasteiger partial charge on any atom is 0.243 e. The van der Waals surface area contributed by atoms with Crippen molar-refractivity contribution >= 4 is 17.3 Å². The Balaban J connectivity index is 1.69. The van der Waals surface area contributed by atoms with Gasteiger partial charge in [0.1, 0.15) is 11.5 Å². The van der Waals surface area contributed by atoms with Crippen LogP contribution in [-0.4, -0.2) is 25.7 Å². The first-order valence-electron chi connectivity index (χ1n) is 11.6. The fourth-order valence-corrected chi connectivity index (χ4v) is 3.03. The van der Waals surface area contributed by atoms with Gasteiger partial charge in [-0.3, -0.25) is 4.79 Å². The van der Waals surface area contributed by atoms with E-state index in [1.807, 2.05) is 48.5 Å². The lowest BCUT2D eigenvalue weighted by Crippen LogP contribution is -2.21. The lowest BCUT2D eigenvalue weighted by molar-refractivity contribution is -0.114. The van der Waals surface area contributed by atoms with Gasteiger partial charge in [-0.1, -0.05) is 52.5 Å². The molecule has 0 saturated carbocycles. The number of hydrogen-bond donors (Lipinski definition) is 2. The van der Waals surface area contributed by atoms with Crippen molar-refractivity contribution in [3.05, 3.63) is 48.5 Å². The lowest BCUT2D eigenvalue weighted by atomic mass is 10.1. The Bertz CT molecular complexity index is 760. The largest absolute Gasteiger partial charge is 0.494 e. The molecular weight excluding hydrogens is 388 g/mol. The molecule has 0 aromatic heterocycles. The summed E-state index contributed by atoms with van der Waals surface area (Å²) in [7, 11) is 0. The number of ether oxygens (including phenoxy) is 2. The summed E-state index contributed by atoms with van der Waals surface area (Å²) in [6, 6.07) is 15.2. The summed E-state index contributed by atoms with van der Waals surface area (Å²) in [5.41, 5.74) is 1.62. The van der Waals surface area contributed by atoms with Crippen molar-refractivity contribution in [3.63, 3.8) is 0 Å². The zero-order valence-corrected chi connectivity index (χ0v) is 19.3. The van der Waals surface area contributed by atoms with E-state index < -0.39 is 0 Å². The number of carbonyl (C=O) groups excluding carboxylic acids is 1. The summed E-state index contributed by atoms with van der Waals surface area (Å²) >= 11 is 0. The Labute approximate surface area is 187 Å². The van der Waals surface area contributed by atoms with Crippen molar-refractivity contribution in [1.29, 1.82) is 0 Å². The molecule has 0 unspecified atom stereocenters. The average molecular weight is 427 g/mol. The molecule has 0 fully saturated rings. The van der Waals surface area contributed by atoms with Gasteiger partial charge < -0.3 is 20.1 Å². The zero-order chi connectivity index (χ0) is 22.3. The number of benzene rings is 2. The third kappa shape index (κ3) is 10.8. The second kappa shape index (κ2) is 14.3. The van der Waals surface area contributed by atoms with Crippen LogP contribution in [0, 0.1) is 5.92 Å². The fourth-order valence-electron chi connectivity index (χ4n) is 3.03. The SMILES string of the molecule is CCCCCCCOc1cccc(NCC(=O)Nc2ccc(OCCC(C)C)cc2)c1. The molecule has 2 N–H and O–H groups in total. The van der Waals surface area contributed by atoms with Crippen molar-refractivity contribution < 1.29 is 14.3 Å². The molecule has 5 nitrogen and oxygen atoms in total. The van der Waals surface area contributed by atoms with Gasteiger partial charge in [0.2, 0.25) is 5.91 Å². The minimum Gasteiger partial charge on any atom is -0.494 e. The van der Waals surface area contributed by atoms with Crippen LogP contribution in [0.1, 0.15) is 59.3 Å². The predicted octanol–water partition coefficient (Wildman–Crippen LogP) is 6.51. The molecule has 0 radical (unpaired) electrons. The smallest absolute Gasteiger partial charge is 0.243 e. The fraction of sp³-hybridized carbons (Fsp3) is 0.500. The second-order valence-electron chi connectivity index (χ2n) is 8.25. The van der Waals surface area contributed by atoms with E-state index in [1.54, 1.807) is 0 Å². The number of nitrogens with one attached hydrogen (secondary N) is 2. The van der Waals surface area contributed by atoms with Gasteiger partial charge in [0.05, 0.1) is 19.8 Å². The van der Waals surface area contributed by atoms with Crippen molar-refractivity contribution in [2.24, 2.45) is 5.92 Å². The maximum absolute atomic E-state index is 12.3. The van der Waals surface area contributed by atoms with E-state index in [4.69, 9.17) is 9.47 Å². The Kier molecular flexibility index (Phi) is 11.4. The van der Waals surface area contributed by atoms with Gasteiger partial charge in [0, 0.05) is 17.4 Å². The highest BCUT2D eigenvalue weighted by atomic mass is 16.5.